The van der Waals surface area contributed by atoms with E-state index in [2.05, 4.69) is 17.0 Å². The molecule has 0 bridgehead atoms. The molecule has 0 atom stereocenters. The first-order chi connectivity index (χ1) is 5.00. The molecule has 10 heavy (non-hydrogen) atoms. The monoisotopic (exact) mass is 138 g/mol. The molecule has 2 aliphatic rings. The van der Waals surface area contributed by atoms with Crippen LogP contribution in [0.4, 0.5) is 0 Å². The average molecular weight is 138 g/mol. The van der Waals surface area contributed by atoms with Crippen LogP contribution in [0, 0.1) is 0 Å². The summed E-state index contributed by atoms with van der Waals surface area (Å²) in [7, 11) is 4.00. The molecule has 2 aliphatic heterocycles. The van der Waals surface area contributed by atoms with Crippen molar-refractivity contribution in [1.82, 2.24) is 0 Å². The summed E-state index contributed by atoms with van der Waals surface area (Å²) in [6.07, 6.45) is 6.57. The lowest BCUT2D eigenvalue weighted by Gasteiger charge is -1.79. The highest BCUT2D eigenvalue weighted by Gasteiger charge is 2.00. The number of hydrogen-bond acceptors (Lipinski definition) is 2. The zero-order valence-corrected chi connectivity index (χ0v) is 6.21. The molecule has 2 nitrogen and oxygen atoms in total. The van der Waals surface area contributed by atoms with Gasteiger partial charge in [0, 0.05) is 0 Å². The molecule has 0 aliphatic carbocycles. The van der Waals surface area contributed by atoms with E-state index in [0.29, 0.717) is 0 Å². The van der Waals surface area contributed by atoms with Crippen molar-refractivity contribution in [2.45, 2.75) is 31.8 Å². The van der Waals surface area contributed by atoms with Gasteiger partial charge in [-0.1, -0.05) is 25.5 Å². The second-order valence-corrected chi connectivity index (χ2v) is 2.45. The lowest BCUT2D eigenvalue weighted by atomic mass is 9.77. The van der Waals surface area contributed by atoms with Gasteiger partial charge in [0.25, 0.3) is 0 Å². The van der Waals surface area contributed by atoms with Crippen LogP contribution in [-0.4, -0.2) is 21.4 Å². The van der Waals surface area contributed by atoms with Crippen LogP contribution in [0.5, 0.6) is 0 Å². The van der Waals surface area contributed by atoms with E-state index in [9.17, 15) is 0 Å². The van der Waals surface area contributed by atoms with Crippen LogP contribution < -0.4 is 0 Å². The fourth-order valence-electron chi connectivity index (χ4n) is 0.962. The quantitative estimate of drug-likeness (QED) is 0.371. The zero-order valence-electron chi connectivity index (χ0n) is 6.21. The molecule has 0 saturated carbocycles. The largest absolute Gasteiger partial charge is 0.346 e. The van der Waals surface area contributed by atoms with Crippen molar-refractivity contribution in [3.05, 3.63) is 0 Å². The van der Waals surface area contributed by atoms with E-state index in [1.54, 1.807) is 7.48 Å². The van der Waals surface area contributed by atoms with Gasteiger partial charge in [0.1, 0.15) is 7.28 Å². The SMILES string of the molecule is [B]1CCCC1.[B]1CCOO1. The molecule has 2 saturated heterocycles. The van der Waals surface area contributed by atoms with Crippen molar-refractivity contribution < 1.29 is 9.69 Å². The summed E-state index contributed by atoms with van der Waals surface area (Å²) in [6.45, 7) is 0.722. The predicted molar refractivity (Wildman–Crippen MR) is 42.2 cm³/mol. The summed E-state index contributed by atoms with van der Waals surface area (Å²) < 4.78 is 0. The molecule has 0 unspecified atom stereocenters. The highest BCUT2D eigenvalue weighted by atomic mass is 17.2. The maximum absolute atomic E-state index is 4.39. The van der Waals surface area contributed by atoms with Crippen molar-refractivity contribution in [2.24, 2.45) is 0 Å². The van der Waals surface area contributed by atoms with Gasteiger partial charge in [0.05, 0.1) is 6.61 Å². The minimum atomic E-state index is 0.722. The third kappa shape index (κ3) is 3.96. The fraction of sp³-hybridized carbons (Fsp3) is 1.00. The minimum Gasteiger partial charge on any atom is -0.311 e. The minimum absolute atomic E-state index is 0.722. The molecule has 4 heteroatoms. The predicted octanol–water partition coefficient (Wildman–Crippen LogP) is 1.31. The second kappa shape index (κ2) is 5.81. The molecule has 2 fully saturated rings. The van der Waals surface area contributed by atoms with E-state index in [0.717, 1.165) is 12.9 Å². The van der Waals surface area contributed by atoms with Gasteiger partial charge in [-0.05, 0) is 6.32 Å². The second-order valence-electron chi connectivity index (χ2n) is 2.45. The summed E-state index contributed by atoms with van der Waals surface area (Å²) in [5, 5.41) is 0. The van der Waals surface area contributed by atoms with Crippen molar-refractivity contribution in [2.75, 3.05) is 6.61 Å². The Morgan fingerprint density at radius 3 is 2.00 bits per heavy atom. The molecular weight excluding hydrogens is 126 g/mol. The van der Waals surface area contributed by atoms with Gasteiger partial charge in [-0.2, -0.15) is 0 Å². The van der Waals surface area contributed by atoms with Crippen LogP contribution in [0.2, 0.25) is 19.0 Å². The Bertz CT molecular complexity index is 46.9. The van der Waals surface area contributed by atoms with Crippen LogP contribution in [0.1, 0.15) is 12.8 Å². The van der Waals surface area contributed by atoms with Crippen molar-refractivity contribution in [1.29, 1.82) is 0 Å². The van der Waals surface area contributed by atoms with Crippen LogP contribution in [-0.2, 0) is 9.69 Å². The Labute approximate surface area is 63.7 Å². The number of hydrogen-bond donors (Lipinski definition) is 0. The summed E-state index contributed by atoms with van der Waals surface area (Å²) >= 11 is 0. The van der Waals surface area contributed by atoms with Crippen LogP contribution in [0.25, 0.3) is 0 Å². The maximum Gasteiger partial charge on any atom is 0.346 e. The Kier molecular flexibility index (Phi) is 4.73. The molecule has 0 aromatic rings. The topological polar surface area (TPSA) is 18.5 Å². The molecule has 54 valence electrons. The van der Waals surface area contributed by atoms with Crippen molar-refractivity contribution in [3.8, 4) is 0 Å². The molecule has 0 aromatic carbocycles. The van der Waals surface area contributed by atoms with E-state index in [4.69, 9.17) is 0 Å². The average Bonchev–Trinajstić information content (AvgIpc) is 2.67. The lowest BCUT2D eigenvalue weighted by Crippen LogP contribution is -1.78. The molecule has 2 heterocycles. The van der Waals surface area contributed by atoms with E-state index in [-0.39, 0.29) is 0 Å². The van der Waals surface area contributed by atoms with Crippen LogP contribution >= 0.6 is 0 Å². The highest BCUT2D eigenvalue weighted by molar-refractivity contribution is 6.36. The van der Waals surface area contributed by atoms with Crippen LogP contribution in [0.3, 0.4) is 0 Å². The summed E-state index contributed by atoms with van der Waals surface area (Å²) in [4.78, 5) is 8.71. The van der Waals surface area contributed by atoms with Gasteiger partial charge in [0.2, 0.25) is 0 Å². The van der Waals surface area contributed by atoms with E-state index in [1.165, 1.54) is 25.5 Å². The van der Waals surface area contributed by atoms with E-state index >= 15 is 0 Å². The first-order valence-corrected chi connectivity index (χ1v) is 3.92. The molecular formula is C6H12B2O2. The Hall–Kier alpha value is 0.0499. The normalized spacial score (nSPS) is 22.4. The summed E-state index contributed by atoms with van der Waals surface area (Å²) in [6, 6.07) is 0. The molecule has 0 spiro atoms. The van der Waals surface area contributed by atoms with Crippen molar-refractivity contribution >= 4 is 14.8 Å². The molecule has 0 amide bonds. The third-order valence-corrected chi connectivity index (χ3v) is 1.52. The molecule has 2 radical (unpaired) electrons. The van der Waals surface area contributed by atoms with Crippen molar-refractivity contribution in [3.63, 3.8) is 0 Å². The lowest BCUT2D eigenvalue weighted by molar-refractivity contribution is -0.181. The Balaban J connectivity index is 0.0000001000. The Morgan fingerprint density at radius 1 is 1.00 bits per heavy atom. The molecule has 2 rings (SSSR count). The van der Waals surface area contributed by atoms with E-state index < -0.39 is 0 Å². The van der Waals surface area contributed by atoms with Gasteiger partial charge in [-0.15, -0.1) is 0 Å². The highest BCUT2D eigenvalue weighted by Crippen LogP contribution is 2.09. The van der Waals surface area contributed by atoms with E-state index in [1.807, 2.05) is 0 Å². The summed E-state index contributed by atoms with van der Waals surface area (Å²) in [5.41, 5.74) is 0. The first-order valence-electron chi connectivity index (χ1n) is 3.92. The third-order valence-electron chi connectivity index (χ3n) is 1.52. The van der Waals surface area contributed by atoms with Gasteiger partial charge < -0.3 is 4.81 Å². The summed E-state index contributed by atoms with van der Waals surface area (Å²) in [5.74, 6) is 0. The fourth-order valence-corrected chi connectivity index (χ4v) is 0.962. The molecule has 0 N–H and O–H groups in total. The van der Waals surface area contributed by atoms with Gasteiger partial charge in [0.15, 0.2) is 0 Å². The van der Waals surface area contributed by atoms with Gasteiger partial charge in [-0.25, -0.2) is 0 Å². The smallest absolute Gasteiger partial charge is 0.311 e. The van der Waals surface area contributed by atoms with Gasteiger partial charge in [-0.3, -0.25) is 4.89 Å². The standard InChI is InChI=1S/C4H8B.C2H4BO2/c2*1-2-4-5-3-1/h1-4H2;1-2H2. The molecule has 0 aromatic heterocycles. The zero-order chi connectivity index (χ0) is 7.07. The van der Waals surface area contributed by atoms with Crippen LogP contribution in [0.15, 0.2) is 0 Å². The number of rotatable bonds is 0. The van der Waals surface area contributed by atoms with Gasteiger partial charge >= 0.3 is 7.48 Å². The first kappa shape index (κ1) is 8.15. The Morgan fingerprint density at radius 2 is 1.80 bits per heavy atom. The maximum atomic E-state index is 4.39.